The van der Waals surface area contributed by atoms with Crippen molar-refractivity contribution in [3.8, 4) is 0 Å². The minimum atomic E-state index is -0.404. The van der Waals surface area contributed by atoms with Crippen LogP contribution in [0, 0.1) is 19.7 Å². The zero-order valence-electron chi connectivity index (χ0n) is 14.0. The van der Waals surface area contributed by atoms with Gasteiger partial charge in [-0.15, -0.1) is 0 Å². The topological polar surface area (TPSA) is 54.0 Å². The number of carbonyl (C=O) groups excluding carboxylic acids is 1. The number of halogens is 1. The van der Waals surface area contributed by atoms with Crippen molar-refractivity contribution in [2.75, 3.05) is 10.6 Å². The van der Waals surface area contributed by atoms with Crippen LogP contribution in [-0.2, 0) is 0 Å². The summed E-state index contributed by atoms with van der Waals surface area (Å²) in [6.07, 6.45) is 1.60. The molecule has 3 aromatic rings. The molecule has 0 aliphatic heterocycles. The van der Waals surface area contributed by atoms with E-state index in [0.29, 0.717) is 5.69 Å². The summed E-state index contributed by atoms with van der Waals surface area (Å²) >= 11 is 0. The SMILES string of the molecule is Cc1ccc(Nc2ccc(C(=O)Nc3cccc(F)c3)nc2)c(C)c1. The monoisotopic (exact) mass is 335 g/mol. The van der Waals surface area contributed by atoms with Gasteiger partial charge in [0.15, 0.2) is 0 Å². The van der Waals surface area contributed by atoms with Crippen LogP contribution in [0.25, 0.3) is 0 Å². The Morgan fingerprint density at radius 2 is 1.84 bits per heavy atom. The van der Waals surface area contributed by atoms with Crippen LogP contribution in [0.2, 0.25) is 0 Å². The Bertz CT molecular complexity index is 907. The van der Waals surface area contributed by atoms with Crippen LogP contribution in [0.5, 0.6) is 0 Å². The van der Waals surface area contributed by atoms with Gasteiger partial charge in [-0.1, -0.05) is 23.8 Å². The number of benzene rings is 2. The van der Waals surface area contributed by atoms with E-state index < -0.39 is 5.82 Å². The van der Waals surface area contributed by atoms with Gasteiger partial charge in [-0.2, -0.15) is 0 Å². The summed E-state index contributed by atoms with van der Waals surface area (Å²) in [5.41, 5.74) is 4.76. The number of aryl methyl sites for hydroxylation is 2. The predicted octanol–water partition coefficient (Wildman–Crippen LogP) is 4.83. The van der Waals surface area contributed by atoms with Gasteiger partial charge in [0.2, 0.25) is 0 Å². The van der Waals surface area contributed by atoms with E-state index in [4.69, 9.17) is 0 Å². The highest BCUT2D eigenvalue weighted by Gasteiger charge is 2.08. The molecule has 2 N–H and O–H groups in total. The molecule has 1 aromatic heterocycles. The highest BCUT2D eigenvalue weighted by Crippen LogP contribution is 2.21. The molecule has 0 spiro atoms. The average molecular weight is 335 g/mol. The minimum absolute atomic E-state index is 0.260. The zero-order chi connectivity index (χ0) is 17.8. The van der Waals surface area contributed by atoms with Crippen molar-refractivity contribution in [3.05, 3.63) is 83.4 Å². The lowest BCUT2D eigenvalue weighted by Gasteiger charge is -2.10. The van der Waals surface area contributed by atoms with Crippen LogP contribution in [0.15, 0.2) is 60.8 Å². The van der Waals surface area contributed by atoms with E-state index in [1.54, 1.807) is 24.4 Å². The normalized spacial score (nSPS) is 10.4. The van der Waals surface area contributed by atoms with Gasteiger partial charge < -0.3 is 10.6 Å². The molecule has 5 heteroatoms. The number of amides is 1. The number of carbonyl (C=O) groups is 1. The van der Waals surface area contributed by atoms with E-state index >= 15 is 0 Å². The maximum atomic E-state index is 13.2. The number of rotatable bonds is 4. The Morgan fingerprint density at radius 1 is 1.00 bits per heavy atom. The maximum Gasteiger partial charge on any atom is 0.274 e. The van der Waals surface area contributed by atoms with E-state index in [1.165, 1.54) is 23.8 Å². The number of pyridine rings is 1. The molecule has 0 aliphatic carbocycles. The van der Waals surface area contributed by atoms with Crippen LogP contribution >= 0.6 is 0 Å². The first kappa shape index (κ1) is 16.6. The quantitative estimate of drug-likeness (QED) is 0.718. The molecule has 1 heterocycles. The van der Waals surface area contributed by atoms with Gasteiger partial charge in [-0.3, -0.25) is 4.79 Å². The van der Waals surface area contributed by atoms with Crippen LogP contribution < -0.4 is 10.6 Å². The van der Waals surface area contributed by atoms with E-state index in [2.05, 4.69) is 21.7 Å². The van der Waals surface area contributed by atoms with Gasteiger partial charge in [-0.25, -0.2) is 9.37 Å². The molecular formula is C20H18FN3O. The lowest BCUT2D eigenvalue weighted by Crippen LogP contribution is -2.13. The number of nitrogens with zero attached hydrogens (tertiary/aromatic N) is 1. The first-order chi connectivity index (χ1) is 12.0. The minimum Gasteiger partial charge on any atom is -0.354 e. The number of hydrogen-bond donors (Lipinski definition) is 2. The summed E-state index contributed by atoms with van der Waals surface area (Å²) in [6, 6.07) is 15.3. The molecule has 1 amide bonds. The number of aromatic nitrogens is 1. The number of anilines is 3. The summed E-state index contributed by atoms with van der Waals surface area (Å²) in [5, 5.41) is 5.90. The smallest absolute Gasteiger partial charge is 0.274 e. The van der Waals surface area contributed by atoms with Crippen LogP contribution in [-0.4, -0.2) is 10.9 Å². The second-order valence-electron chi connectivity index (χ2n) is 5.84. The molecule has 3 rings (SSSR count). The third-order valence-corrected chi connectivity index (χ3v) is 3.74. The molecular weight excluding hydrogens is 317 g/mol. The van der Waals surface area contributed by atoms with Crippen LogP contribution in [0.1, 0.15) is 21.6 Å². The molecule has 0 bridgehead atoms. The Hall–Kier alpha value is -3.21. The fourth-order valence-electron chi connectivity index (χ4n) is 2.47. The average Bonchev–Trinajstić information content (AvgIpc) is 2.58. The fourth-order valence-corrected chi connectivity index (χ4v) is 2.47. The van der Waals surface area contributed by atoms with Gasteiger partial charge in [0, 0.05) is 11.4 Å². The molecule has 0 saturated heterocycles. The van der Waals surface area contributed by atoms with Crippen molar-refractivity contribution >= 4 is 23.0 Å². The molecule has 0 saturated carbocycles. The van der Waals surface area contributed by atoms with Crippen molar-refractivity contribution in [1.29, 1.82) is 0 Å². The maximum absolute atomic E-state index is 13.2. The van der Waals surface area contributed by atoms with Crippen LogP contribution in [0.4, 0.5) is 21.5 Å². The molecule has 0 atom stereocenters. The molecule has 0 fully saturated rings. The van der Waals surface area contributed by atoms with Gasteiger partial charge in [-0.05, 0) is 55.8 Å². The second kappa shape index (κ2) is 7.13. The van der Waals surface area contributed by atoms with Crippen LogP contribution in [0.3, 0.4) is 0 Å². The largest absolute Gasteiger partial charge is 0.354 e. The third-order valence-electron chi connectivity index (χ3n) is 3.74. The van der Waals surface area contributed by atoms with E-state index in [0.717, 1.165) is 16.9 Å². The molecule has 0 unspecified atom stereocenters. The molecule has 126 valence electrons. The second-order valence-corrected chi connectivity index (χ2v) is 5.84. The van der Waals surface area contributed by atoms with Crippen molar-refractivity contribution < 1.29 is 9.18 Å². The third kappa shape index (κ3) is 4.20. The lowest BCUT2D eigenvalue weighted by molar-refractivity contribution is 0.102. The van der Waals surface area contributed by atoms with Crippen molar-refractivity contribution in [3.63, 3.8) is 0 Å². The van der Waals surface area contributed by atoms with Gasteiger partial charge in [0.05, 0.1) is 11.9 Å². The molecule has 0 radical (unpaired) electrons. The predicted molar refractivity (Wildman–Crippen MR) is 97.8 cm³/mol. The molecule has 0 aliphatic rings. The van der Waals surface area contributed by atoms with E-state index in [9.17, 15) is 9.18 Å². The highest BCUT2D eigenvalue weighted by molar-refractivity contribution is 6.02. The lowest BCUT2D eigenvalue weighted by atomic mass is 10.1. The standard InChI is InChI=1S/C20H18FN3O/c1-13-6-8-18(14(2)10-13)23-17-7-9-19(22-12-17)20(25)24-16-5-3-4-15(21)11-16/h3-12,23H,1-2H3,(H,24,25). The number of hydrogen-bond acceptors (Lipinski definition) is 3. The van der Waals surface area contributed by atoms with Crippen molar-refractivity contribution in [2.24, 2.45) is 0 Å². The zero-order valence-corrected chi connectivity index (χ0v) is 14.0. The first-order valence-electron chi connectivity index (χ1n) is 7.88. The Morgan fingerprint density at radius 3 is 2.52 bits per heavy atom. The summed E-state index contributed by atoms with van der Waals surface area (Å²) in [7, 11) is 0. The molecule has 25 heavy (non-hydrogen) atoms. The highest BCUT2D eigenvalue weighted by atomic mass is 19.1. The Kier molecular flexibility index (Phi) is 4.75. The van der Waals surface area contributed by atoms with Gasteiger partial charge in [0.1, 0.15) is 11.5 Å². The van der Waals surface area contributed by atoms with Gasteiger partial charge in [0.25, 0.3) is 5.91 Å². The molecule has 2 aromatic carbocycles. The van der Waals surface area contributed by atoms with Gasteiger partial charge >= 0.3 is 0 Å². The fraction of sp³-hybridized carbons (Fsp3) is 0.100. The Labute approximate surface area is 145 Å². The summed E-state index contributed by atoms with van der Waals surface area (Å²) in [5.74, 6) is -0.789. The summed E-state index contributed by atoms with van der Waals surface area (Å²) < 4.78 is 13.2. The van der Waals surface area contributed by atoms with Crippen molar-refractivity contribution in [2.45, 2.75) is 13.8 Å². The van der Waals surface area contributed by atoms with E-state index in [1.807, 2.05) is 26.0 Å². The summed E-state index contributed by atoms with van der Waals surface area (Å²) in [6.45, 7) is 4.08. The summed E-state index contributed by atoms with van der Waals surface area (Å²) in [4.78, 5) is 16.3. The number of nitrogens with one attached hydrogen (secondary N) is 2. The molecule has 4 nitrogen and oxygen atoms in total. The Balaban J connectivity index is 1.70. The first-order valence-corrected chi connectivity index (χ1v) is 7.88. The van der Waals surface area contributed by atoms with Crippen molar-refractivity contribution in [1.82, 2.24) is 4.98 Å². The van der Waals surface area contributed by atoms with E-state index in [-0.39, 0.29) is 11.6 Å².